The maximum absolute atomic E-state index is 12.6. The van der Waals surface area contributed by atoms with Crippen molar-refractivity contribution in [2.45, 2.75) is 17.9 Å². The lowest BCUT2D eigenvalue weighted by atomic mass is 10.1. The third kappa shape index (κ3) is 4.96. The fourth-order valence-electron chi connectivity index (χ4n) is 2.17. The molecule has 0 fully saturated rings. The number of anilines is 1. The third-order valence-corrected chi connectivity index (χ3v) is 5.23. The molecule has 1 amide bonds. The van der Waals surface area contributed by atoms with Crippen molar-refractivity contribution in [1.82, 2.24) is 10.6 Å². The number of carbonyl (C=O) groups is 1. The average molecular weight is 377 g/mol. The van der Waals surface area contributed by atoms with Crippen molar-refractivity contribution in [3.8, 4) is 5.75 Å². The highest BCUT2D eigenvalue weighted by Crippen LogP contribution is 2.21. The minimum atomic E-state index is -3.83. The number of methoxy groups -OCH3 is 1. The van der Waals surface area contributed by atoms with E-state index < -0.39 is 10.0 Å². The van der Waals surface area contributed by atoms with Crippen molar-refractivity contribution >= 4 is 21.6 Å². The Hall–Kier alpha value is -2.58. The Balaban J connectivity index is 2.22. The molecule has 0 heterocycles. The number of carbonyl (C=O) groups excluding carboxylic acids is 1. The van der Waals surface area contributed by atoms with Crippen LogP contribution >= 0.6 is 0 Å². The van der Waals surface area contributed by atoms with E-state index in [-0.39, 0.29) is 28.1 Å². The third-order valence-electron chi connectivity index (χ3n) is 3.85. The zero-order valence-electron chi connectivity index (χ0n) is 14.9. The summed E-state index contributed by atoms with van der Waals surface area (Å²) in [6.45, 7) is 2.35. The molecule has 26 heavy (non-hydrogen) atoms. The molecule has 1 atom stereocenters. The molecule has 7 nitrogen and oxygen atoms in total. The number of ether oxygens (including phenoxy) is 1. The van der Waals surface area contributed by atoms with Gasteiger partial charge in [-0.15, -0.1) is 0 Å². The van der Waals surface area contributed by atoms with Crippen LogP contribution in [0.2, 0.25) is 0 Å². The zero-order valence-corrected chi connectivity index (χ0v) is 15.8. The van der Waals surface area contributed by atoms with Crippen molar-refractivity contribution in [2.75, 3.05) is 25.4 Å². The predicted molar refractivity (Wildman–Crippen MR) is 101 cm³/mol. The van der Waals surface area contributed by atoms with E-state index in [9.17, 15) is 13.2 Å². The van der Waals surface area contributed by atoms with Gasteiger partial charge < -0.3 is 15.4 Å². The van der Waals surface area contributed by atoms with Gasteiger partial charge in [-0.3, -0.25) is 9.52 Å². The summed E-state index contributed by atoms with van der Waals surface area (Å²) in [6, 6.07) is 12.6. The Kier molecular flexibility index (Phi) is 6.59. The molecule has 0 aliphatic carbocycles. The number of likely N-dealkylation sites (N-methyl/N-ethyl adjacent to an activating group) is 1. The number of benzene rings is 2. The van der Waals surface area contributed by atoms with Crippen LogP contribution in [-0.2, 0) is 10.0 Å². The summed E-state index contributed by atoms with van der Waals surface area (Å²) in [6.07, 6.45) is 0. The standard InChI is InChI=1S/C18H23N3O4S/c1-13(19-2)12-20-18(22)16-6-4-5-7-17(16)21-26(23,24)15-10-8-14(25-3)9-11-15/h4-11,13,19,21H,12H2,1-3H3,(H,20,22). The summed E-state index contributed by atoms with van der Waals surface area (Å²) >= 11 is 0. The Morgan fingerprint density at radius 2 is 1.77 bits per heavy atom. The molecular weight excluding hydrogens is 354 g/mol. The largest absolute Gasteiger partial charge is 0.497 e. The highest BCUT2D eigenvalue weighted by molar-refractivity contribution is 7.92. The molecule has 0 spiro atoms. The zero-order chi connectivity index (χ0) is 19.2. The van der Waals surface area contributed by atoms with Crippen LogP contribution in [0.3, 0.4) is 0 Å². The topological polar surface area (TPSA) is 96.5 Å². The summed E-state index contributed by atoms with van der Waals surface area (Å²) < 4.78 is 32.7. The molecule has 2 aromatic rings. The molecule has 0 saturated heterocycles. The normalized spacial score (nSPS) is 12.3. The molecule has 0 aliphatic rings. The van der Waals surface area contributed by atoms with E-state index in [1.807, 2.05) is 6.92 Å². The summed E-state index contributed by atoms with van der Waals surface area (Å²) in [5, 5.41) is 5.80. The Bertz CT molecular complexity index is 851. The first-order valence-corrected chi connectivity index (χ1v) is 9.57. The van der Waals surface area contributed by atoms with Gasteiger partial charge in [-0.25, -0.2) is 8.42 Å². The van der Waals surface area contributed by atoms with Crippen molar-refractivity contribution in [3.05, 3.63) is 54.1 Å². The molecule has 3 N–H and O–H groups in total. The second-order valence-electron chi connectivity index (χ2n) is 5.73. The molecule has 1 unspecified atom stereocenters. The van der Waals surface area contributed by atoms with E-state index >= 15 is 0 Å². The predicted octanol–water partition coefficient (Wildman–Crippen LogP) is 1.83. The molecule has 2 rings (SSSR count). The first-order chi connectivity index (χ1) is 12.4. The van der Waals surface area contributed by atoms with Gasteiger partial charge in [0.2, 0.25) is 0 Å². The fraction of sp³-hybridized carbons (Fsp3) is 0.278. The number of sulfonamides is 1. The summed E-state index contributed by atoms with van der Waals surface area (Å²) in [7, 11) is -0.523. The van der Waals surface area contributed by atoms with E-state index in [4.69, 9.17) is 4.74 Å². The van der Waals surface area contributed by atoms with E-state index in [2.05, 4.69) is 15.4 Å². The lowest BCUT2D eigenvalue weighted by Gasteiger charge is -2.15. The molecule has 0 radical (unpaired) electrons. The van der Waals surface area contributed by atoms with Crippen LogP contribution in [0.1, 0.15) is 17.3 Å². The SMILES string of the molecule is CNC(C)CNC(=O)c1ccccc1NS(=O)(=O)c1ccc(OC)cc1. The van der Waals surface area contributed by atoms with E-state index in [1.54, 1.807) is 43.4 Å². The number of amides is 1. The second kappa shape index (κ2) is 8.68. The maximum Gasteiger partial charge on any atom is 0.261 e. The fourth-order valence-corrected chi connectivity index (χ4v) is 3.25. The lowest BCUT2D eigenvalue weighted by Crippen LogP contribution is -2.37. The van der Waals surface area contributed by atoms with Crippen LogP contribution in [0.25, 0.3) is 0 Å². The van der Waals surface area contributed by atoms with Gasteiger partial charge in [0, 0.05) is 12.6 Å². The van der Waals surface area contributed by atoms with E-state index in [0.29, 0.717) is 12.3 Å². The van der Waals surface area contributed by atoms with Crippen LogP contribution in [-0.4, -0.2) is 41.1 Å². The second-order valence-corrected chi connectivity index (χ2v) is 7.41. The monoisotopic (exact) mass is 377 g/mol. The average Bonchev–Trinajstić information content (AvgIpc) is 2.66. The summed E-state index contributed by atoms with van der Waals surface area (Å²) in [5.74, 6) is 0.211. The van der Waals surface area contributed by atoms with Gasteiger partial charge in [0.05, 0.1) is 23.3 Å². The highest BCUT2D eigenvalue weighted by Gasteiger charge is 2.18. The summed E-state index contributed by atoms with van der Waals surface area (Å²) in [5.41, 5.74) is 0.478. The molecule has 0 saturated carbocycles. The van der Waals surface area contributed by atoms with Crippen LogP contribution in [0.5, 0.6) is 5.75 Å². The first kappa shape index (κ1) is 19.7. The van der Waals surface area contributed by atoms with Crippen molar-refractivity contribution in [3.63, 3.8) is 0 Å². The van der Waals surface area contributed by atoms with Crippen LogP contribution in [0.15, 0.2) is 53.4 Å². The number of nitrogens with one attached hydrogen (secondary N) is 3. The minimum Gasteiger partial charge on any atom is -0.497 e. The number of para-hydroxylation sites is 1. The van der Waals surface area contributed by atoms with Crippen molar-refractivity contribution in [1.29, 1.82) is 0 Å². The lowest BCUT2D eigenvalue weighted by molar-refractivity contribution is 0.0951. The van der Waals surface area contributed by atoms with Gasteiger partial charge in [0.25, 0.3) is 15.9 Å². The van der Waals surface area contributed by atoms with Crippen LogP contribution < -0.4 is 20.1 Å². The van der Waals surface area contributed by atoms with Gasteiger partial charge in [0.15, 0.2) is 0 Å². The smallest absolute Gasteiger partial charge is 0.261 e. The van der Waals surface area contributed by atoms with E-state index in [1.165, 1.54) is 19.2 Å². The molecule has 2 aromatic carbocycles. The summed E-state index contributed by atoms with van der Waals surface area (Å²) in [4.78, 5) is 12.5. The Morgan fingerprint density at radius 1 is 1.12 bits per heavy atom. The highest BCUT2D eigenvalue weighted by atomic mass is 32.2. The van der Waals surface area contributed by atoms with Crippen LogP contribution in [0, 0.1) is 0 Å². The van der Waals surface area contributed by atoms with Crippen LogP contribution in [0.4, 0.5) is 5.69 Å². The van der Waals surface area contributed by atoms with Gasteiger partial charge in [0.1, 0.15) is 5.75 Å². The number of hydrogen-bond donors (Lipinski definition) is 3. The molecular formula is C18H23N3O4S. The van der Waals surface area contributed by atoms with Gasteiger partial charge in [-0.1, -0.05) is 12.1 Å². The number of hydrogen-bond acceptors (Lipinski definition) is 5. The van der Waals surface area contributed by atoms with Gasteiger partial charge >= 0.3 is 0 Å². The number of rotatable bonds is 8. The molecule has 0 aromatic heterocycles. The molecule has 0 aliphatic heterocycles. The molecule has 8 heteroatoms. The Morgan fingerprint density at radius 3 is 2.38 bits per heavy atom. The minimum absolute atomic E-state index is 0.0808. The molecule has 140 valence electrons. The Labute approximate surface area is 153 Å². The molecule has 0 bridgehead atoms. The quantitative estimate of drug-likeness (QED) is 0.652. The van der Waals surface area contributed by atoms with E-state index in [0.717, 1.165) is 0 Å². The van der Waals surface area contributed by atoms with Gasteiger partial charge in [-0.05, 0) is 50.4 Å². The maximum atomic E-state index is 12.6. The van der Waals surface area contributed by atoms with Gasteiger partial charge in [-0.2, -0.15) is 0 Å². The first-order valence-electron chi connectivity index (χ1n) is 8.08. The van der Waals surface area contributed by atoms with Crippen molar-refractivity contribution in [2.24, 2.45) is 0 Å². The van der Waals surface area contributed by atoms with Crippen molar-refractivity contribution < 1.29 is 17.9 Å².